The van der Waals surface area contributed by atoms with Gasteiger partial charge in [-0.1, -0.05) is 13.0 Å². The Labute approximate surface area is 147 Å². The molecule has 1 aromatic carbocycles. The maximum Gasteiger partial charge on any atom is 0.315 e. The van der Waals surface area contributed by atoms with Crippen molar-refractivity contribution in [2.75, 3.05) is 0 Å². The van der Waals surface area contributed by atoms with Crippen molar-refractivity contribution in [2.45, 2.75) is 32.9 Å². The van der Waals surface area contributed by atoms with E-state index in [0.717, 1.165) is 28.8 Å². The molecule has 0 aliphatic rings. The molecule has 2 amide bonds. The van der Waals surface area contributed by atoms with Gasteiger partial charge in [-0.3, -0.25) is 4.98 Å². The summed E-state index contributed by atoms with van der Waals surface area (Å²) in [7, 11) is 1.96. The highest BCUT2D eigenvalue weighted by Crippen LogP contribution is 2.17. The highest BCUT2D eigenvalue weighted by atomic mass is 16.2. The molecule has 2 heterocycles. The number of amides is 2. The zero-order chi connectivity index (χ0) is 17.8. The number of carbonyl (C=O) groups is 1. The summed E-state index contributed by atoms with van der Waals surface area (Å²) in [4.78, 5) is 20.9. The minimum Gasteiger partial charge on any atom is -0.331 e. The number of imidazole rings is 1. The lowest BCUT2D eigenvalue weighted by Gasteiger charge is -2.17. The van der Waals surface area contributed by atoms with E-state index in [-0.39, 0.29) is 12.1 Å². The van der Waals surface area contributed by atoms with Crippen molar-refractivity contribution in [3.8, 4) is 0 Å². The molecule has 3 aromatic rings. The Bertz CT molecular complexity index is 872. The summed E-state index contributed by atoms with van der Waals surface area (Å²) in [5.41, 5.74) is 4.23. The molecular weight excluding hydrogens is 314 g/mol. The third kappa shape index (κ3) is 3.79. The van der Waals surface area contributed by atoms with Crippen LogP contribution in [-0.4, -0.2) is 20.6 Å². The third-order valence-electron chi connectivity index (χ3n) is 4.36. The molecule has 0 spiro atoms. The first-order chi connectivity index (χ1) is 12.1. The fourth-order valence-corrected chi connectivity index (χ4v) is 2.90. The van der Waals surface area contributed by atoms with Crippen molar-refractivity contribution in [1.82, 2.24) is 25.2 Å². The summed E-state index contributed by atoms with van der Waals surface area (Å²) >= 11 is 0. The largest absolute Gasteiger partial charge is 0.331 e. The van der Waals surface area contributed by atoms with Gasteiger partial charge in [0, 0.05) is 19.4 Å². The highest BCUT2D eigenvalue weighted by Gasteiger charge is 2.13. The molecule has 0 fully saturated rings. The Kier molecular flexibility index (Phi) is 4.97. The van der Waals surface area contributed by atoms with Crippen molar-refractivity contribution in [1.29, 1.82) is 0 Å². The van der Waals surface area contributed by atoms with Crippen LogP contribution in [0.1, 0.15) is 36.3 Å². The Morgan fingerprint density at radius 1 is 1.24 bits per heavy atom. The number of fused-ring (bicyclic) bond motifs is 1. The molecular formula is C19H23N5O. The van der Waals surface area contributed by atoms with Gasteiger partial charge in [0.1, 0.15) is 5.82 Å². The Morgan fingerprint density at radius 3 is 2.72 bits per heavy atom. The first-order valence-electron chi connectivity index (χ1n) is 8.44. The van der Waals surface area contributed by atoms with E-state index in [0.29, 0.717) is 6.54 Å². The molecule has 0 saturated heterocycles. The number of nitrogens with zero attached hydrogens (tertiary/aromatic N) is 3. The molecule has 0 saturated carbocycles. The van der Waals surface area contributed by atoms with E-state index >= 15 is 0 Å². The zero-order valence-electron chi connectivity index (χ0n) is 14.8. The fourth-order valence-electron chi connectivity index (χ4n) is 2.90. The number of aryl methyl sites for hydroxylation is 2. The number of nitrogens with one attached hydrogen (secondary N) is 2. The van der Waals surface area contributed by atoms with Crippen LogP contribution >= 0.6 is 0 Å². The van der Waals surface area contributed by atoms with Crippen molar-refractivity contribution in [3.63, 3.8) is 0 Å². The number of urea groups is 1. The normalized spacial score (nSPS) is 12.1. The second-order valence-corrected chi connectivity index (χ2v) is 6.15. The van der Waals surface area contributed by atoms with Crippen LogP contribution in [0.4, 0.5) is 4.79 Å². The van der Waals surface area contributed by atoms with Crippen molar-refractivity contribution in [3.05, 3.63) is 59.7 Å². The predicted molar refractivity (Wildman–Crippen MR) is 98.1 cm³/mol. The maximum atomic E-state index is 12.3. The third-order valence-corrected chi connectivity index (χ3v) is 4.36. The van der Waals surface area contributed by atoms with E-state index in [2.05, 4.69) is 38.8 Å². The molecule has 0 radical (unpaired) electrons. The summed E-state index contributed by atoms with van der Waals surface area (Å²) in [6.07, 6.45) is 4.28. The van der Waals surface area contributed by atoms with Crippen molar-refractivity contribution < 1.29 is 4.79 Å². The van der Waals surface area contributed by atoms with E-state index < -0.39 is 0 Å². The summed E-state index contributed by atoms with van der Waals surface area (Å²) in [6, 6.07) is 9.77. The second-order valence-electron chi connectivity index (χ2n) is 6.15. The highest BCUT2D eigenvalue weighted by molar-refractivity contribution is 5.77. The minimum atomic E-state index is -0.202. The Balaban J connectivity index is 1.65. The van der Waals surface area contributed by atoms with Crippen molar-refractivity contribution >= 4 is 17.1 Å². The van der Waals surface area contributed by atoms with Gasteiger partial charge in [0.05, 0.1) is 23.6 Å². The monoisotopic (exact) mass is 337 g/mol. The summed E-state index contributed by atoms with van der Waals surface area (Å²) in [6.45, 7) is 4.46. The Hall–Kier alpha value is -2.89. The van der Waals surface area contributed by atoms with Crippen molar-refractivity contribution in [2.24, 2.45) is 7.05 Å². The van der Waals surface area contributed by atoms with Gasteiger partial charge < -0.3 is 15.2 Å². The molecule has 0 aliphatic heterocycles. The van der Waals surface area contributed by atoms with Crippen LogP contribution in [0.5, 0.6) is 0 Å². The van der Waals surface area contributed by atoms with Crippen LogP contribution in [-0.2, 0) is 13.6 Å². The SMILES string of the molecule is CCC(NC(=O)NCc1nc2cc(C)ccc2n1C)c1ccncc1. The van der Waals surface area contributed by atoms with Gasteiger partial charge in [-0.15, -0.1) is 0 Å². The summed E-state index contributed by atoms with van der Waals surface area (Å²) < 4.78 is 2.01. The first-order valence-corrected chi connectivity index (χ1v) is 8.44. The lowest BCUT2D eigenvalue weighted by molar-refractivity contribution is 0.236. The van der Waals surface area contributed by atoms with Crippen LogP contribution in [0.25, 0.3) is 11.0 Å². The predicted octanol–water partition coefficient (Wildman–Crippen LogP) is 3.23. The molecule has 3 rings (SSSR count). The van der Waals surface area contributed by atoms with E-state index in [1.807, 2.05) is 37.6 Å². The quantitative estimate of drug-likeness (QED) is 0.751. The van der Waals surface area contributed by atoms with E-state index in [1.54, 1.807) is 12.4 Å². The van der Waals surface area contributed by atoms with Crippen LogP contribution in [0.2, 0.25) is 0 Å². The zero-order valence-corrected chi connectivity index (χ0v) is 14.8. The average Bonchev–Trinajstić information content (AvgIpc) is 2.93. The molecule has 25 heavy (non-hydrogen) atoms. The van der Waals surface area contributed by atoms with E-state index in [1.165, 1.54) is 5.56 Å². The van der Waals surface area contributed by atoms with Gasteiger partial charge in [0.2, 0.25) is 0 Å². The lowest BCUT2D eigenvalue weighted by Crippen LogP contribution is -2.37. The standard InChI is InChI=1S/C19H23N5O/c1-4-15(14-7-9-20-10-8-14)23-19(25)21-12-18-22-16-11-13(2)5-6-17(16)24(18)3/h5-11,15H,4,12H2,1-3H3,(H2,21,23,25). The smallest absolute Gasteiger partial charge is 0.315 e. The van der Waals surface area contributed by atoms with Gasteiger partial charge in [0.15, 0.2) is 0 Å². The lowest BCUT2D eigenvalue weighted by atomic mass is 10.1. The molecule has 0 aliphatic carbocycles. The molecule has 1 atom stereocenters. The molecule has 2 aromatic heterocycles. The molecule has 0 bridgehead atoms. The fraction of sp³-hybridized carbons (Fsp3) is 0.316. The number of rotatable bonds is 5. The number of carbonyl (C=O) groups excluding carboxylic acids is 1. The molecule has 2 N–H and O–H groups in total. The minimum absolute atomic E-state index is 0.0360. The summed E-state index contributed by atoms with van der Waals surface area (Å²) in [5.74, 6) is 0.827. The summed E-state index contributed by atoms with van der Waals surface area (Å²) in [5, 5.41) is 5.90. The van der Waals surface area contributed by atoms with E-state index in [9.17, 15) is 4.79 Å². The van der Waals surface area contributed by atoms with Crippen LogP contribution in [0, 0.1) is 6.92 Å². The van der Waals surface area contributed by atoms with Gasteiger partial charge >= 0.3 is 6.03 Å². The Morgan fingerprint density at radius 2 is 2.00 bits per heavy atom. The first kappa shape index (κ1) is 17.0. The number of aromatic nitrogens is 3. The molecule has 1 unspecified atom stereocenters. The number of hydrogen-bond acceptors (Lipinski definition) is 3. The van der Waals surface area contributed by atoms with Crippen LogP contribution in [0.15, 0.2) is 42.7 Å². The maximum absolute atomic E-state index is 12.3. The van der Waals surface area contributed by atoms with Crippen LogP contribution in [0.3, 0.4) is 0 Å². The van der Waals surface area contributed by atoms with Gasteiger partial charge in [0.25, 0.3) is 0 Å². The molecule has 6 heteroatoms. The number of pyridine rings is 1. The van der Waals surface area contributed by atoms with Gasteiger partial charge in [-0.05, 0) is 48.7 Å². The average molecular weight is 337 g/mol. The molecule has 6 nitrogen and oxygen atoms in total. The van der Waals surface area contributed by atoms with Crippen LogP contribution < -0.4 is 10.6 Å². The van der Waals surface area contributed by atoms with Gasteiger partial charge in [-0.2, -0.15) is 0 Å². The van der Waals surface area contributed by atoms with Gasteiger partial charge in [-0.25, -0.2) is 9.78 Å². The number of benzene rings is 1. The van der Waals surface area contributed by atoms with E-state index in [4.69, 9.17) is 0 Å². The molecule has 130 valence electrons. The number of hydrogen-bond donors (Lipinski definition) is 2. The topological polar surface area (TPSA) is 71.8 Å². The second kappa shape index (κ2) is 7.34.